The second kappa shape index (κ2) is 6.31. The van der Waals surface area contributed by atoms with Gasteiger partial charge < -0.3 is 0 Å². The van der Waals surface area contributed by atoms with Gasteiger partial charge in [-0.3, -0.25) is 9.98 Å². The van der Waals surface area contributed by atoms with Crippen LogP contribution in [0.5, 0.6) is 0 Å². The van der Waals surface area contributed by atoms with E-state index in [0.29, 0.717) is 0 Å². The Balaban J connectivity index is 2.00. The highest BCUT2D eigenvalue weighted by Gasteiger charge is 1.94. The van der Waals surface area contributed by atoms with E-state index in [0.717, 1.165) is 34.9 Å². The molecule has 3 heteroatoms. The Morgan fingerprint density at radius 2 is 1.83 bits per heavy atom. The average molecular weight is 259 g/mol. The number of nitrogens with zero attached hydrogens (tertiary/aromatic N) is 2. The lowest BCUT2D eigenvalue weighted by molar-refractivity contribution is 0.994. The Labute approximate surface area is 112 Å². The van der Waals surface area contributed by atoms with Gasteiger partial charge in [0.2, 0.25) is 0 Å². The molecule has 0 aliphatic carbocycles. The summed E-state index contributed by atoms with van der Waals surface area (Å²) in [4.78, 5) is 8.90. The third-order valence-corrected chi connectivity index (χ3v) is 2.85. The summed E-state index contributed by atoms with van der Waals surface area (Å²) in [5.74, 6) is 0. The molecule has 0 amide bonds. The van der Waals surface area contributed by atoms with Crippen LogP contribution in [0.25, 0.3) is 0 Å². The van der Waals surface area contributed by atoms with Gasteiger partial charge in [-0.2, -0.15) is 0 Å². The first-order valence-electron chi connectivity index (χ1n) is 6.01. The van der Waals surface area contributed by atoms with E-state index in [1.165, 1.54) is 0 Å². The quantitative estimate of drug-likeness (QED) is 0.753. The van der Waals surface area contributed by atoms with Gasteiger partial charge in [0.1, 0.15) is 0 Å². The van der Waals surface area contributed by atoms with Crippen LogP contribution in [-0.2, 0) is 12.8 Å². The van der Waals surface area contributed by atoms with Gasteiger partial charge in [0.05, 0.1) is 5.69 Å². The number of halogens is 1. The van der Waals surface area contributed by atoms with Gasteiger partial charge in [0.25, 0.3) is 0 Å². The van der Waals surface area contributed by atoms with Gasteiger partial charge in [-0.05, 0) is 42.8 Å². The Morgan fingerprint density at radius 1 is 1.11 bits per heavy atom. The molecule has 0 saturated heterocycles. The van der Waals surface area contributed by atoms with E-state index in [2.05, 4.69) is 16.9 Å². The third kappa shape index (κ3) is 3.67. The minimum absolute atomic E-state index is 0.728. The SMILES string of the molecule is CCc1cccc(CC=Nc2ccc(Cl)cc2)n1. The van der Waals surface area contributed by atoms with Crippen molar-refractivity contribution < 1.29 is 0 Å². The van der Waals surface area contributed by atoms with E-state index >= 15 is 0 Å². The standard InChI is InChI=1S/C15H15ClN2/c1-2-13-4-3-5-15(18-13)10-11-17-14-8-6-12(16)7-9-14/h3-9,11H,2,10H2,1H3. The fourth-order valence-electron chi connectivity index (χ4n) is 1.61. The van der Waals surface area contributed by atoms with Crippen molar-refractivity contribution in [1.82, 2.24) is 4.98 Å². The van der Waals surface area contributed by atoms with E-state index in [4.69, 9.17) is 11.6 Å². The minimum atomic E-state index is 0.728. The van der Waals surface area contributed by atoms with Gasteiger partial charge in [-0.15, -0.1) is 0 Å². The number of rotatable bonds is 4. The maximum Gasteiger partial charge on any atom is 0.0626 e. The molecular weight excluding hydrogens is 244 g/mol. The average Bonchev–Trinajstić information content (AvgIpc) is 2.41. The zero-order chi connectivity index (χ0) is 12.8. The van der Waals surface area contributed by atoms with Crippen LogP contribution < -0.4 is 0 Å². The molecule has 0 aliphatic heterocycles. The topological polar surface area (TPSA) is 25.2 Å². The van der Waals surface area contributed by atoms with Crippen LogP contribution in [0.15, 0.2) is 47.5 Å². The van der Waals surface area contributed by atoms with Crippen LogP contribution in [0.1, 0.15) is 18.3 Å². The Hall–Kier alpha value is -1.67. The molecule has 0 radical (unpaired) electrons. The van der Waals surface area contributed by atoms with Crippen molar-refractivity contribution in [2.75, 3.05) is 0 Å². The highest BCUT2D eigenvalue weighted by Crippen LogP contribution is 2.15. The number of aromatic nitrogens is 1. The Morgan fingerprint density at radius 3 is 2.56 bits per heavy atom. The fraction of sp³-hybridized carbons (Fsp3) is 0.200. The molecule has 0 saturated carbocycles. The number of hydrogen-bond acceptors (Lipinski definition) is 2. The zero-order valence-electron chi connectivity index (χ0n) is 10.3. The molecule has 0 atom stereocenters. The summed E-state index contributed by atoms with van der Waals surface area (Å²) in [5, 5.41) is 0.728. The number of aliphatic imine (C=N–C) groups is 1. The minimum Gasteiger partial charge on any atom is -0.261 e. The number of benzene rings is 1. The van der Waals surface area contributed by atoms with Crippen LogP contribution >= 0.6 is 11.6 Å². The molecule has 1 aromatic heterocycles. The monoisotopic (exact) mass is 258 g/mol. The largest absolute Gasteiger partial charge is 0.261 e. The first kappa shape index (κ1) is 12.8. The molecule has 0 unspecified atom stereocenters. The fourth-order valence-corrected chi connectivity index (χ4v) is 1.74. The number of pyridine rings is 1. The summed E-state index contributed by atoms with van der Waals surface area (Å²) < 4.78 is 0. The summed E-state index contributed by atoms with van der Waals surface area (Å²) in [5.41, 5.74) is 3.07. The Kier molecular flexibility index (Phi) is 4.48. The second-order valence-corrected chi connectivity index (χ2v) is 4.40. The lowest BCUT2D eigenvalue weighted by Gasteiger charge is -1.99. The summed E-state index contributed by atoms with van der Waals surface area (Å²) in [6.07, 6.45) is 3.59. The number of hydrogen-bond donors (Lipinski definition) is 0. The highest BCUT2D eigenvalue weighted by molar-refractivity contribution is 6.30. The maximum atomic E-state index is 5.81. The van der Waals surface area contributed by atoms with Crippen molar-refractivity contribution in [3.63, 3.8) is 0 Å². The van der Waals surface area contributed by atoms with Crippen LogP contribution in [-0.4, -0.2) is 11.2 Å². The van der Waals surface area contributed by atoms with E-state index in [1.807, 2.05) is 48.7 Å². The van der Waals surface area contributed by atoms with Gasteiger partial charge in [-0.25, -0.2) is 0 Å². The Bertz CT molecular complexity index is 532. The van der Waals surface area contributed by atoms with Crippen molar-refractivity contribution in [2.24, 2.45) is 4.99 Å². The van der Waals surface area contributed by atoms with Crippen molar-refractivity contribution in [2.45, 2.75) is 19.8 Å². The first-order chi connectivity index (χ1) is 8.78. The van der Waals surface area contributed by atoms with Crippen molar-refractivity contribution in [1.29, 1.82) is 0 Å². The van der Waals surface area contributed by atoms with Gasteiger partial charge in [0, 0.05) is 29.0 Å². The lowest BCUT2D eigenvalue weighted by atomic mass is 10.2. The van der Waals surface area contributed by atoms with Gasteiger partial charge in [0.15, 0.2) is 0 Å². The number of aryl methyl sites for hydroxylation is 1. The summed E-state index contributed by atoms with van der Waals surface area (Å²) in [7, 11) is 0. The molecule has 2 nitrogen and oxygen atoms in total. The smallest absolute Gasteiger partial charge is 0.0626 e. The van der Waals surface area contributed by atoms with Crippen molar-refractivity contribution in [3.8, 4) is 0 Å². The first-order valence-corrected chi connectivity index (χ1v) is 6.38. The van der Waals surface area contributed by atoms with Crippen molar-refractivity contribution >= 4 is 23.5 Å². The molecular formula is C15H15ClN2. The molecule has 0 spiro atoms. The molecule has 0 aliphatic rings. The molecule has 0 N–H and O–H groups in total. The second-order valence-electron chi connectivity index (χ2n) is 3.97. The van der Waals surface area contributed by atoms with E-state index < -0.39 is 0 Å². The molecule has 1 aromatic carbocycles. The predicted octanol–water partition coefficient (Wildman–Crippen LogP) is 4.24. The zero-order valence-corrected chi connectivity index (χ0v) is 11.1. The van der Waals surface area contributed by atoms with E-state index in [9.17, 15) is 0 Å². The molecule has 1 heterocycles. The predicted molar refractivity (Wildman–Crippen MR) is 76.9 cm³/mol. The molecule has 2 rings (SSSR count). The van der Waals surface area contributed by atoms with E-state index in [-0.39, 0.29) is 0 Å². The molecule has 0 fully saturated rings. The summed E-state index contributed by atoms with van der Waals surface area (Å²) in [6.45, 7) is 2.11. The van der Waals surface area contributed by atoms with Crippen LogP contribution in [0.4, 0.5) is 5.69 Å². The summed E-state index contributed by atoms with van der Waals surface area (Å²) in [6, 6.07) is 13.6. The van der Waals surface area contributed by atoms with Crippen molar-refractivity contribution in [3.05, 3.63) is 58.9 Å². The van der Waals surface area contributed by atoms with Crippen LogP contribution in [0.3, 0.4) is 0 Å². The van der Waals surface area contributed by atoms with Crippen LogP contribution in [0, 0.1) is 0 Å². The normalized spacial score (nSPS) is 11.0. The molecule has 18 heavy (non-hydrogen) atoms. The lowest BCUT2D eigenvalue weighted by Crippen LogP contribution is -1.94. The molecule has 92 valence electrons. The maximum absolute atomic E-state index is 5.81. The third-order valence-electron chi connectivity index (χ3n) is 2.59. The van der Waals surface area contributed by atoms with Gasteiger partial charge >= 0.3 is 0 Å². The molecule has 0 bridgehead atoms. The summed E-state index contributed by atoms with van der Waals surface area (Å²) >= 11 is 5.81. The van der Waals surface area contributed by atoms with E-state index in [1.54, 1.807) is 0 Å². The highest BCUT2D eigenvalue weighted by atomic mass is 35.5. The van der Waals surface area contributed by atoms with Crippen LogP contribution in [0.2, 0.25) is 5.02 Å². The van der Waals surface area contributed by atoms with Gasteiger partial charge in [-0.1, -0.05) is 24.6 Å². The molecule has 2 aromatic rings.